The Bertz CT molecular complexity index is 619. The fraction of sp³-hybridized carbons (Fsp3) is 0.467. The van der Waals surface area contributed by atoms with Gasteiger partial charge in [-0.3, -0.25) is 9.67 Å². The molecular formula is C15H22BrN5S. The lowest BCUT2D eigenvalue weighted by molar-refractivity contribution is 0.479. The zero-order chi connectivity index (χ0) is 15.9. The smallest absolute Gasteiger partial charge is 0.194 e. The van der Waals surface area contributed by atoms with Gasteiger partial charge in [0, 0.05) is 24.7 Å². The fourth-order valence-electron chi connectivity index (χ4n) is 2.06. The molecule has 0 aromatic carbocycles. The summed E-state index contributed by atoms with van der Waals surface area (Å²) in [6.45, 7) is 7.34. The fourth-order valence-corrected chi connectivity index (χ4v) is 3.60. The minimum absolute atomic E-state index is 0.710. The number of aromatic nitrogens is 2. The van der Waals surface area contributed by atoms with E-state index in [9.17, 15) is 0 Å². The Balaban J connectivity index is 1.93. The van der Waals surface area contributed by atoms with Crippen molar-refractivity contribution in [2.45, 2.75) is 26.9 Å². The number of hydrogen-bond acceptors (Lipinski definition) is 3. The summed E-state index contributed by atoms with van der Waals surface area (Å²) >= 11 is 5.26. The zero-order valence-corrected chi connectivity index (χ0v) is 15.6. The van der Waals surface area contributed by atoms with Gasteiger partial charge in [0.25, 0.3) is 0 Å². The van der Waals surface area contributed by atoms with Gasteiger partial charge in [-0.1, -0.05) is 0 Å². The molecule has 7 heteroatoms. The van der Waals surface area contributed by atoms with Crippen molar-refractivity contribution in [3.63, 3.8) is 0 Å². The first-order valence-corrected chi connectivity index (χ1v) is 8.92. The van der Waals surface area contributed by atoms with E-state index in [4.69, 9.17) is 0 Å². The zero-order valence-electron chi connectivity index (χ0n) is 13.2. The van der Waals surface area contributed by atoms with Gasteiger partial charge in [-0.15, -0.1) is 11.3 Å². The van der Waals surface area contributed by atoms with Gasteiger partial charge in [-0.25, -0.2) is 0 Å². The van der Waals surface area contributed by atoms with Crippen LogP contribution in [0.25, 0.3) is 0 Å². The molecule has 2 rings (SSSR count). The van der Waals surface area contributed by atoms with Gasteiger partial charge in [0.2, 0.25) is 0 Å². The van der Waals surface area contributed by atoms with Crippen LogP contribution in [0, 0.1) is 6.92 Å². The van der Waals surface area contributed by atoms with Crippen LogP contribution in [-0.2, 0) is 13.1 Å². The molecule has 0 unspecified atom stereocenters. The van der Waals surface area contributed by atoms with Crippen molar-refractivity contribution in [3.8, 4) is 0 Å². The summed E-state index contributed by atoms with van der Waals surface area (Å²) in [7, 11) is 2.06. The number of aryl methyl sites for hydroxylation is 1. The highest BCUT2D eigenvalue weighted by atomic mass is 79.9. The second-order valence-electron chi connectivity index (χ2n) is 5.08. The van der Waals surface area contributed by atoms with Crippen LogP contribution < -0.4 is 5.32 Å². The topological polar surface area (TPSA) is 45.5 Å². The molecule has 1 N–H and O–H groups in total. The highest BCUT2D eigenvalue weighted by Crippen LogP contribution is 2.22. The van der Waals surface area contributed by atoms with E-state index in [-0.39, 0.29) is 0 Å². The van der Waals surface area contributed by atoms with Crippen molar-refractivity contribution in [3.05, 3.63) is 38.8 Å². The number of thiophene rings is 1. The van der Waals surface area contributed by atoms with Crippen molar-refractivity contribution >= 4 is 33.2 Å². The number of nitrogens with one attached hydrogen (secondary N) is 1. The van der Waals surface area contributed by atoms with Crippen LogP contribution in [0.4, 0.5) is 0 Å². The molecule has 0 saturated carbocycles. The third-order valence-corrected chi connectivity index (χ3v) is 4.68. The van der Waals surface area contributed by atoms with Crippen LogP contribution in [0.2, 0.25) is 0 Å². The van der Waals surface area contributed by atoms with E-state index in [1.54, 1.807) is 11.3 Å². The summed E-state index contributed by atoms with van der Waals surface area (Å²) in [4.78, 5) is 8.14. The van der Waals surface area contributed by atoms with Crippen LogP contribution in [0.1, 0.15) is 17.4 Å². The van der Waals surface area contributed by atoms with Crippen molar-refractivity contribution in [1.29, 1.82) is 0 Å². The third kappa shape index (κ3) is 5.14. The summed E-state index contributed by atoms with van der Waals surface area (Å²) in [5.41, 5.74) is 1.18. The number of aliphatic imine (C=N–C) groups is 1. The Morgan fingerprint density at radius 2 is 2.32 bits per heavy atom. The molecule has 22 heavy (non-hydrogen) atoms. The average molecular weight is 384 g/mol. The maximum Gasteiger partial charge on any atom is 0.194 e. The first-order chi connectivity index (χ1) is 10.6. The molecule has 0 bridgehead atoms. The normalized spacial score (nSPS) is 11.7. The minimum Gasteiger partial charge on any atom is -0.357 e. The van der Waals surface area contributed by atoms with Gasteiger partial charge in [-0.2, -0.15) is 5.10 Å². The molecule has 0 amide bonds. The van der Waals surface area contributed by atoms with Crippen LogP contribution >= 0.6 is 27.3 Å². The summed E-state index contributed by atoms with van der Waals surface area (Å²) in [6, 6.07) is 4.22. The lowest BCUT2D eigenvalue weighted by Crippen LogP contribution is -2.38. The van der Waals surface area contributed by atoms with E-state index in [1.165, 1.54) is 10.4 Å². The van der Waals surface area contributed by atoms with E-state index in [0.29, 0.717) is 6.54 Å². The number of halogens is 1. The highest BCUT2D eigenvalue weighted by Gasteiger charge is 2.08. The minimum atomic E-state index is 0.710. The molecular weight excluding hydrogens is 362 g/mol. The monoisotopic (exact) mass is 383 g/mol. The summed E-state index contributed by atoms with van der Waals surface area (Å²) < 4.78 is 3.09. The Labute approximate surface area is 144 Å². The standard InChI is InChI=1S/C15H22BrN5S/c1-4-17-15(18-7-8-21-10-12(2)9-19-21)20(3)11-13-5-6-14(16)22-13/h5-6,9-10H,4,7-8,11H2,1-3H3,(H,17,18). The molecule has 2 aromatic heterocycles. The molecule has 120 valence electrons. The van der Waals surface area contributed by atoms with Gasteiger partial charge in [-0.05, 0) is 47.5 Å². The Hall–Kier alpha value is -1.34. The molecule has 0 aliphatic rings. The molecule has 5 nitrogen and oxygen atoms in total. The van der Waals surface area contributed by atoms with Crippen molar-refractivity contribution in [2.24, 2.45) is 4.99 Å². The molecule has 0 aliphatic heterocycles. The van der Waals surface area contributed by atoms with Gasteiger partial charge >= 0.3 is 0 Å². The van der Waals surface area contributed by atoms with Crippen LogP contribution in [-0.4, -0.2) is 40.8 Å². The van der Waals surface area contributed by atoms with E-state index in [1.807, 2.05) is 24.0 Å². The van der Waals surface area contributed by atoms with Gasteiger partial charge in [0.15, 0.2) is 5.96 Å². The quantitative estimate of drug-likeness (QED) is 0.615. The van der Waals surface area contributed by atoms with Gasteiger partial charge in [0.05, 0.1) is 29.6 Å². The first kappa shape index (κ1) is 17.0. The van der Waals surface area contributed by atoms with E-state index in [2.05, 4.69) is 62.3 Å². The molecule has 2 heterocycles. The summed E-state index contributed by atoms with van der Waals surface area (Å²) in [5, 5.41) is 7.62. The van der Waals surface area contributed by atoms with Crippen LogP contribution in [0.3, 0.4) is 0 Å². The third-order valence-electron chi connectivity index (χ3n) is 3.07. The second-order valence-corrected chi connectivity index (χ2v) is 7.63. The maximum atomic E-state index is 4.68. The molecule has 0 fully saturated rings. The number of rotatable bonds is 6. The lowest BCUT2D eigenvalue weighted by atomic mass is 10.4. The number of hydrogen-bond donors (Lipinski definition) is 1. The van der Waals surface area contributed by atoms with Crippen LogP contribution in [0.15, 0.2) is 33.3 Å². The number of guanidine groups is 1. The summed E-state index contributed by atoms with van der Waals surface area (Å²) in [6.07, 6.45) is 3.91. The highest BCUT2D eigenvalue weighted by molar-refractivity contribution is 9.11. The van der Waals surface area contributed by atoms with Gasteiger partial charge < -0.3 is 10.2 Å². The van der Waals surface area contributed by atoms with E-state index in [0.717, 1.165) is 29.4 Å². The van der Waals surface area contributed by atoms with E-state index < -0.39 is 0 Å². The van der Waals surface area contributed by atoms with Crippen molar-refractivity contribution in [1.82, 2.24) is 20.0 Å². The Morgan fingerprint density at radius 3 is 2.91 bits per heavy atom. The van der Waals surface area contributed by atoms with Crippen LogP contribution in [0.5, 0.6) is 0 Å². The Kier molecular flexibility index (Phi) is 6.45. The second kappa shape index (κ2) is 8.33. The molecule has 0 atom stereocenters. The Morgan fingerprint density at radius 1 is 1.50 bits per heavy atom. The largest absolute Gasteiger partial charge is 0.357 e. The van der Waals surface area contributed by atoms with Gasteiger partial charge in [0.1, 0.15) is 0 Å². The lowest BCUT2D eigenvalue weighted by Gasteiger charge is -2.21. The predicted octanol–water partition coefficient (Wildman–Crippen LogP) is 3.11. The molecule has 0 radical (unpaired) electrons. The SMILES string of the molecule is CCNC(=NCCn1cc(C)cn1)N(C)Cc1ccc(Br)s1. The molecule has 0 aliphatic carbocycles. The number of nitrogens with zero attached hydrogens (tertiary/aromatic N) is 4. The molecule has 2 aromatic rings. The maximum absolute atomic E-state index is 4.68. The van der Waals surface area contributed by atoms with Crippen molar-refractivity contribution < 1.29 is 0 Å². The molecule has 0 saturated heterocycles. The first-order valence-electron chi connectivity index (χ1n) is 7.31. The molecule has 0 spiro atoms. The van der Waals surface area contributed by atoms with E-state index >= 15 is 0 Å². The van der Waals surface area contributed by atoms with Crippen molar-refractivity contribution in [2.75, 3.05) is 20.1 Å². The average Bonchev–Trinajstić information content (AvgIpc) is 3.06. The predicted molar refractivity (Wildman–Crippen MR) is 96.4 cm³/mol. The summed E-state index contributed by atoms with van der Waals surface area (Å²) in [5.74, 6) is 0.927.